The molecule has 0 saturated carbocycles. The third-order valence-corrected chi connectivity index (χ3v) is 2.52. The molecule has 0 bridgehead atoms. The van der Waals surface area contributed by atoms with E-state index < -0.39 is 0 Å². The molecule has 13 heavy (non-hydrogen) atoms. The molecular weight excluding hydrogens is 182 g/mol. The topological polar surface area (TPSA) is 26.0 Å². The zero-order chi connectivity index (χ0) is 9.68. The largest absolute Gasteiger partial charge is 0.330 e. The summed E-state index contributed by atoms with van der Waals surface area (Å²) in [7, 11) is 0. The fraction of sp³-hybridized carbons (Fsp3) is 0.455. The summed E-state index contributed by atoms with van der Waals surface area (Å²) in [5.74, 6) is 0.488. The molecule has 1 atom stereocenters. The van der Waals surface area contributed by atoms with E-state index in [-0.39, 0.29) is 0 Å². The van der Waals surface area contributed by atoms with Gasteiger partial charge in [-0.2, -0.15) is 0 Å². The lowest BCUT2D eigenvalue weighted by Gasteiger charge is -2.13. The highest BCUT2D eigenvalue weighted by Gasteiger charge is 2.07. The molecule has 1 aromatic carbocycles. The van der Waals surface area contributed by atoms with Crippen molar-refractivity contribution in [2.45, 2.75) is 25.7 Å². The van der Waals surface area contributed by atoms with Crippen molar-refractivity contribution in [3.63, 3.8) is 0 Å². The predicted molar refractivity (Wildman–Crippen MR) is 58.2 cm³/mol. The fourth-order valence-corrected chi connectivity index (χ4v) is 1.63. The molecular formula is C11H16ClN. The summed E-state index contributed by atoms with van der Waals surface area (Å²) in [5, 5.41) is 0.788. The van der Waals surface area contributed by atoms with E-state index in [1.807, 2.05) is 12.1 Å². The van der Waals surface area contributed by atoms with E-state index in [1.54, 1.807) is 0 Å². The van der Waals surface area contributed by atoms with Crippen molar-refractivity contribution >= 4 is 11.6 Å². The lowest BCUT2D eigenvalue weighted by Crippen LogP contribution is -2.12. The third kappa shape index (κ3) is 3.02. The molecule has 0 unspecified atom stereocenters. The van der Waals surface area contributed by atoms with Crippen LogP contribution in [-0.4, -0.2) is 6.54 Å². The van der Waals surface area contributed by atoms with Crippen molar-refractivity contribution in [3.05, 3.63) is 34.9 Å². The van der Waals surface area contributed by atoms with Crippen LogP contribution in [0.15, 0.2) is 24.3 Å². The van der Waals surface area contributed by atoms with Gasteiger partial charge in [0.15, 0.2) is 0 Å². The van der Waals surface area contributed by atoms with Crippen LogP contribution in [0.3, 0.4) is 0 Å². The van der Waals surface area contributed by atoms with Gasteiger partial charge >= 0.3 is 0 Å². The Morgan fingerprint density at radius 1 is 1.31 bits per heavy atom. The van der Waals surface area contributed by atoms with Crippen LogP contribution >= 0.6 is 11.6 Å². The second kappa shape index (κ2) is 5.25. The van der Waals surface area contributed by atoms with Gasteiger partial charge in [0.2, 0.25) is 0 Å². The number of hydrogen-bond donors (Lipinski definition) is 1. The number of benzene rings is 1. The molecule has 0 amide bonds. The monoisotopic (exact) mass is 197 g/mol. The van der Waals surface area contributed by atoms with Crippen LogP contribution in [0.2, 0.25) is 5.02 Å². The van der Waals surface area contributed by atoms with E-state index in [0.717, 1.165) is 18.0 Å². The Labute approximate surface area is 84.9 Å². The van der Waals surface area contributed by atoms with Crippen LogP contribution in [0.1, 0.15) is 31.2 Å². The van der Waals surface area contributed by atoms with E-state index in [1.165, 1.54) is 12.0 Å². The summed E-state index contributed by atoms with van der Waals surface area (Å²) in [6.45, 7) is 2.90. The highest BCUT2D eigenvalue weighted by Crippen LogP contribution is 2.21. The van der Waals surface area contributed by atoms with Gasteiger partial charge in [0.25, 0.3) is 0 Å². The van der Waals surface area contributed by atoms with Crippen LogP contribution in [0.5, 0.6) is 0 Å². The highest BCUT2D eigenvalue weighted by molar-refractivity contribution is 6.30. The summed E-state index contributed by atoms with van der Waals surface area (Å²) >= 11 is 5.81. The zero-order valence-corrected chi connectivity index (χ0v) is 8.72. The van der Waals surface area contributed by atoms with Crippen molar-refractivity contribution in [1.29, 1.82) is 0 Å². The Morgan fingerprint density at radius 3 is 2.38 bits per heavy atom. The Hall–Kier alpha value is -0.530. The first-order chi connectivity index (χ1) is 6.27. The number of nitrogens with two attached hydrogens (primary N) is 1. The average molecular weight is 198 g/mol. The first-order valence-corrected chi connectivity index (χ1v) is 5.11. The lowest BCUT2D eigenvalue weighted by atomic mass is 9.95. The van der Waals surface area contributed by atoms with Gasteiger partial charge in [-0.15, -0.1) is 0 Å². The first-order valence-electron chi connectivity index (χ1n) is 4.73. The SMILES string of the molecule is CCC[C@@H](CN)c1ccc(Cl)cc1. The van der Waals surface area contributed by atoms with Crippen LogP contribution < -0.4 is 5.73 Å². The van der Waals surface area contributed by atoms with E-state index >= 15 is 0 Å². The van der Waals surface area contributed by atoms with Crippen LogP contribution in [-0.2, 0) is 0 Å². The molecule has 0 aliphatic carbocycles. The molecule has 0 saturated heterocycles. The predicted octanol–water partition coefficient (Wildman–Crippen LogP) is 3.18. The Bertz CT molecular complexity index is 243. The minimum absolute atomic E-state index is 0.488. The van der Waals surface area contributed by atoms with Gasteiger partial charge in [-0.3, -0.25) is 0 Å². The summed E-state index contributed by atoms with van der Waals surface area (Å²) < 4.78 is 0. The van der Waals surface area contributed by atoms with Crippen molar-refractivity contribution in [1.82, 2.24) is 0 Å². The minimum Gasteiger partial charge on any atom is -0.330 e. The summed E-state index contributed by atoms with van der Waals surface area (Å²) in [6.07, 6.45) is 2.32. The molecule has 2 heteroatoms. The summed E-state index contributed by atoms with van der Waals surface area (Å²) in [5.41, 5.74) is 7.00. The first kappa shape index (κ1) is 10.6. The maximum Gasteiger partial charge on any atom is 0.0406 e. The van der Waals surface area contributed by atoms with E-state index in [9.17, 15) is 0 Å². The smallest absolute Gasteiger partial charge is 0.0406 e. The van der Waals surface area contributed by atoms with Crippen LogP contribution in [0.4, 0.5) is 0 Å². The molecule has 0 heterocycles. The normalized spacial score (nSPS) is 12.8. The Kier molecular flexibility index (Phi) is 4.26. The number of rotatable bonds is 4. The van der Waals surface area contributed by atoms with E-state index in [0.29, 0.717) is 5.92 Å². The van der Waals surface area contributed by atoms with Gasteiger partial charge in [-0.1, -0.05) is 37.1 Å². The molecule has 1 rings (SSSR count). The standard InChI is InChI=1S/C11H16ClN/c1-2-3-10(8-13)9-4-6-11(12)7-5-9/h4-7,10H,2-3,8,13H2,1H3/t10-/m0/s1. The third-order valence-electron chi connectivity index (χ3n) is 2.26. The number of hydrogen-bond acceptors (Lipinski definition) is 1. The summed E-state index contributed by atoms with van der Waals surface area (Å²) in [4.78, 5) is 0. The van der Waals surface area contributed by atoms with Gasteiger partial charge < -0.3 is 5.73 Å². The molecule has 0 aromatic heterocycles. The number of halogens is 1. The fourth-order valence-electron chi connectivity index (χ4n) is 1.50. The second-order valence-electron chi connectivity index (χ2n) is 3.27. The van der Waals surface area contributed by atoms with Gasteiger partial charge in [-0.25, -0.2) is 0 Å². The molecule has 0 radical (unpaired) electrons. The maximum absolute atomic E-state index is 5.81. The molecule has 72 valence electrons. The molecule has 0 spiro atoms. The molecule has 0 aliphatic rings. The molecule has 1 nitrogen and oxygen atoms in total. The second-order valence-corrected chi connectivity index (χ2v) is 3.71. The Balaban J connectivity index is 2.73. The molecule has 2 N–H and O–H groups in total. The maximum atomic E-state index is 5.81. The molecule has 0 fully saturated rings. The molecule has 1 aromatic rings. The van der Waals surface area contributed by atoms with Crippen molar-refractivity contribution in [2.24, 2.45) is 5.73 Å². The van der Waals surface area contributed by atoms with E-state index in [2.05, 4.69) is 19.1 Å². The average Bonchev–Trinajstić information content (AvgIpc) is 2.16. The zero-order valence-electron chi connectivity index (χ0n) is 7.96. The van der Waals surface area contributed by atoms with Gasteiger partial charge in [-0.05, 0) is 36.6 Å². The van der Waals surface area contributed by atoms with Crippen molar-refractivity contribution in [2.75, 3.05) is 6.54 Å². The lowest BCUT2D eigenvalue weighted by molar-refractivity contribution is 0.622. The summed E-state index contributed by atoms with van der Waals surface area (Å²) in [6, 6.07) is 7.98. The van der Waals surface area contributed by atoms with Crippen molar-refractivity contribution < 1.29 is 0 Å². The quantitative estimate of drug-likeness (QED) is 0.789. The minimum atomic E-state index is 0.488. The van der Waals surface area contributed by atoms with Crippen LogP contribution in [0, 0.1) is 0 Å². The molecule has 0 aliphatic heterocycles. The van der Waals surface area contributed by atoms with Gasteiger partial charge in [0, 0.05) is 5.02 Å². The van der Waals surface area contributed by atoms with Crippen molar-refractivity contribution in [3.8, 4) is 0 Å². The van der Waals surface area contributed by atoms with Gasteiger partial charge in [0.1, 0.15) is 0 Å². The van der Waals surface area contributed by atoms with E-state index in [4.69, 9.17) is 17.3 Å². The van der Waals surface area contributed by atoms with Crippen LogP contribution in [0.25, 0.3) is 0 Å². The highest BCUT2D eigenvalue weighted by atomic mass is 35.5. The van der Waals surface area contributed by atoms with Gasteiger partial charge in [0.05, 0.1) is 0 Å². The Morgan fingerprint density at radius 2 is 1.92 bits per heavy atom.